The van der Waals surface area contributed by atoms with Gasteiger partial charge in [-0.25, -0.2) is 4.79 Å². The quantitative estimate of drug-likeness (QED) is 0.912. The summed E-state index contributed by atoms with van der Waals surface area (Å²) in [6.45, 7) is 6.56. The molecule has 1 aromatic carbocycles. The van der Waals surface area contributed by atoms with Crippen LogP contribution < -0.4 is 4.90 Å². The molecule has 7 heteroatoms. The molecule has 0 saturated carbocycles. The number of hydrogen-bond donors (Lipinski definition) is 1. The number of amides is 1. The third kappa shape index (κ3) is 3.88. The molecule has 0 unspecified atom stereocenters. The number of hydrogen-bond acceptors (Lipinski definition) is 4. The molecule has 0 atom stereocenters. The minimum Gasteiger partial charge on any atom is -0.465 e. The molecular weight excluding hydrogens is 318 g/mol. The van der Waals surface area contributed by atoms with Gasteiger partial charge in [-0.1, -0.05) is 23.7 Å². The zero-order valence-electron chi connectivity index (χ0n) is 13.1. The van der Waals surface area contributed by atoms with E-state index in [0.717, 1.165) is 56.6 Å². The van der Waals surface area contributed by atoms with Gasteiger partial charge in [0.15, 0.2) is 0 Å². The number of halogens is 1. The van der Waals surface area contributed by atoms with Gasteiger partial charge >= 0.3 is 6.09 Å². The summed E-state index contributed by atoms with van der Waals surface area (Å²) in [4.78, 5) is 17.0. The van der Waals surface area contributed by atoms with Gasteiger partial charge in [0.1, 0.15) is 0 Å². The summed E-state index contributed by atoms with van der Waals surface area (Å²) in [5.74, 6) is 0. The number of rotatable bonds is 3. The molecule has 126 valence electrons. The first-order valence-corrected chi connectivity index (χ1v) is 8.33. The van der Waals surface area contributed by atoms with Crippen molar-refractivity contribution in [2.75, 3.05) is 57.4 Å². The van der Waals surface area contributed by atoms with E-state index in [0.29, 0.717) is 13.1 Å². The minimum absolute atomic E-state index is 0.558. The largest absolute Gasteiger partial charge is 0.465 e. The van der Waals surface area contributed by atoms with E-state index in [4.69, 9.17) is 21.4 Å². The van der Waals surface area contributed by atoms with Crippen molar-refractivity contribution < 1.29 is 14.6 Å². The van der Waals surface area contributed by atoms with Crippen LogP contribution in [-0.4, -0.2) is 73.5 Å². The number of nitrogens with zero attached hydrogens (tertiary/aromatic N) is 3. The van der Waals surface area contributed by atoms with Crippen LogP contribution in [0.2, 0.25) is 5.02 Å². The fourth-order valence-electron chi connectivity index (χ4n) is 3.17. The van der Waals surface area contributed by atoms with Gasteiger partial charge in [0.05, 0.1) is 23.9 Å². The average molecular weight is 340 g/mol. The smallest absolute Gasteiger partial charge is 0.407 e. The van der Waals surface area contributed by atoms with Crippen molar-refractivity contribution in [2.24, 2.45) is 0 Å². The van der Waals surface area contributed by atoms with E-state index in [1.807, 2.05) is 12.1 Å². The number of benzene rings is 1. The van der Waals surface area contributed by atoms with Crippen molar-refractivity contribution in [3.63, 3.8) is 0 Å². The third-order valence-corrected chi connectivity index (χ3v) is 4.74. The van der Waals surface area contributed by atoms with E-state index in [9.17, 15) is 4.79 Å². The van der Waals surface area contributed by atoms with E-state index in [1.54, 1.807) is 0 Å². The summed E-state index contributed by atoms with van der Waals surface area (Å²) in [5, 5.41) is 9.81. The molecule has 1 N–H and O–H groups in total. The normalized spacial score (nSPS) is 19.9. The van der Waals surface area contributed by atoms with E-state index >= 15 is 0 Å². The maximum Gasteiger partial charge on any atom is 0.407 e. The summed E-state index contributed by atoms with van der Waals surface area (Å²) in [6.07, 6.45) is -0.832. The summed E-state index contributed by atoms with van der Waals surface area (Å²) in [6, 6.07) is 6.02. The maximum absolute atomic E-state index is 11.0. The molecule has 0 bridgehead atoms. The van der Waals surface area contributed by atoms with Crippen molar-refractivity contribution in [1.29, 1.82) is 0 Å². The molecule has 2 aliphatic rings. The zero-order chi connectivity index (χ0) is 16.2. The van der Waals surface area contributed by atoms with Gasteiger partial charge in [-0.2, -0.15) is 0 Å². The van der Waals surface area contributed by atoms with E-state index in [-0.39, 0.29) is 0 Å². The number of carbonyl (C=O) groups is 1. The number of morpholine rings is 1. The van der Waals surface area contributed by atoms with Crippen LogP contribution in [0.25, 0.3) is 0 Å². The molecule has 3 rings (SSSR count). The van der Waals surface area contributed by atoms with Crippen LogP contribution in [-0.2, 0) is 11.3 Å². The Labute approximate surface area is 141 Å². The predicted octanol–water partition coefficient (Wildman–Crippen LogP) is 1.97. The van der Waals surface area contributed by atoms with Gasteiger partial charge in [-0.15, -0.1) is 0 Å². The maximum atomic E-state index is 11.0. The molecule has 2 saturated heterocycles. The van der Waals surface area contributed by atoms with Crippen LogP contribution in [0.4, 0.5) is 10.5 Å². The molecule has 0 radical (unpaired) electrons. The van der Waals surface area contributed by atoms with E-state index in [2.05, 4.69) is 15.9 Å². The Morgan fingerprint density at radius 2 is 1.83 bits per heavy atom. The molecule has 23 heavy (non-hydrogen) atoms. The Kier molecular flexibility index (Phi) is 5.25. The van der Waals surface area contributed by atoms with Crippen LogP contribution >= 0.6 is 11.6 Å². The second kappa shape index (κ2) is 7.38. The standard InChI is InChI=1S/C16H22ClN3O3/c17-14-3-1-2-13(15(14)19-8-10-23-11-9-19)12-18-4-6-20(7-5-18)16(21)22/h1-3H,4-12H2,(H,21,22). The van der Waals surface area contributed by atoms with Crippen LogP contribution in [0.5, 0.6) is 0 Å². The van der Waals surface area contributed by atoms with Crippen LogP contribution in [0, 0.1) is 0 Å². The van der Waals surface area contributed by atoms with Gasteiger partial charge in [-0.3, -0.25) is 4.90 Å². The first-order chi connectivity index (χ1) is 11.1. The molecule has 0 spiro atoms. The van der Waals surface area contributed by atoms with Crippen molar-refractivity contribution in [2.45, 2.75) is 6.54 Å². The monoisotopic (exact) mass is 339 g/mol. The molecule has 1 amide bonds. The first-order valence-electron chi connectivity index (χ1n) is 7.95. The zero-order valence-corrected chi connectivity index (χ0v) is 13.8. The van der Waals surface area contributed by atoms with Gasteiger partial charge in [0.2, 0.25) is 0 Å². The molecular formula is C16H22ClN3O3. The number of anilines is 1. The summed E-state index contributed by atoms with van der Waals surface area (Å²) in [5.41, 5.74) is 2.29. The predicted molar refractivity (Wildman–Crippen MR) is 89.4 cm³/mol. The van der Waals surface area contributed by atoms with Crippen LogP contribution in [0.1, 0.15) is 5.56 Å². The van der Waals surface area contributed by atoms with Crippen molar-refractivity contribution in [1.82, 2.24) is 9.80 Å². The van der Waals surface area contributed by atoms with Crippen molar-refractivity contribution in [3.8, 4) is 0 Å². The minimum atomic E-state index is -0.832. The summed E-state index contributed by atoms with van der Waals surface area (Å²) >= 11 is 6.46. The Bertz CT molecular complexity index is 556. The number of carboxylic acid groups (broad SMARTS) is 1. The third-order valence-electron chi connectivity index (χ3n) is 4.43. The fourth-order valence-corrected chi connectivity index (χ4v) is 3.48. The SMILES string of the molecule is O=C(O)N1CCN(Cc2cccc(Cl)c2N2CCOCC2)CC1. The van der Waals surface area contributed by atoms with Crippen molar-refractivity contribution in [3.05, 3.63) is 28.8 Å². The Morgan fingerprint density at radius 3 is 2.48 bits per heavy atom. The molecule has 6 nitrogen and oxygen atoms in total. The molecule has 0 aliphatic carbocycles. The Balaban J connectivity index is 1.70. The lowest BCUT2D eigenvalue weighted by Gasteiger charge is -2.35. The highest BCUT2D eigenvalue weighted by molar-refractivity contribution is 6.33. The molecule has 0 aromatic heterocycles. The summed E-state index contributed by atoms with van der Waals surface area (Å²) in [7, 11) is 0. The Hall–Kier alpha value is -1.50. The fraction of sp³-hybridized carbons (Fsp3) is 0.562. The lowest BCUT2D eigenvalue weighted by atomic mass is 10.1. The summed E-state index contributed by atoms with van der Waals surface area (Å²) < 4.78 is 5.43. The van der Waals surface area contributed by atoms with Crippen molar-refractivity contribution >= 4 is 23.4 Å². The molecule has 2 fully saturated rings. The second-order valence-corrected chi connectivity index (χ2v) is 6.30. The number of para-hydroxylation sites is 1. The van der Waals surface area contributed by atoms with Gasteiger partial charge in [0.25, 0.3) is 0 Å². The number of ether oxygens (including phenoxy) is 1. The van der Waals surface area contributed by atoms with E-state index in [1.165, 1.54) is 10.5 Å². The topological polar surface area (TPSA) is 56.2 Å². The Morgan fingerprint density at radius 1 is 1.13 bits per heavy atom. The highest BCUT2D eigenvalue weighted by atomic mass is 35.5. The molecule has 2 heterocycles. The van der Waals surface area contributed by atoms with Crippen LogP contribution in [0.15, 0.2) is 18.2 Å². The average Bonchev–Trinajstić information content (AvgIpc) is 2.56. The lowest BCUT2D eigenvalue weighted by molar-refractivity contribution is 0.103. The van der Waals surface area contributed by atoms with Gasteiger partial charge in [-0.05, 0) is 11.6 Å². The van der Waals surface area contributed by atoms with E-state index < -0.39 is 6.09 Å². The lowest BCUT2D eigenvalue weighted by Crippen LogP contribution is -2.48. The van der Waals surface area contributed by atoms with Gasteiger partial charge < -0.3 is 19.6 Å². The van der Waals surface area contributed by atoms with Crippen LogP contribution in [0.3, 0.4) is 0 Å². The highest BCUT2D eigenvalue weighted by Crippen LogP contribution is 2.31. The first kappa shape index (κ1) is 16.4. The van der Waals surface area contributed by atoms with Gasteiger partial charge in [0, 0.05) is 45.8 Å². The number of piperazine rings is 1. The highest BCUT2D eigenvalue weighted by Gasteiger charge is 2.23. The second-order valence-electron chi connectivity index (χ2n) is 5.89. The molecule has 1 aromatic rings. The molecule has 2 aliphatic heterocycles.